The standard InChI is InChI=1S/C10H16N4O2S/c1-3-10(4-2,9(11)14-16)13-8(15)7-5-17-6-12-7/h5-6,16H,3-4H2,1-2H3,(H2,11,14)(H,13,15). The van der Waals surface area contributed by atoms with Gasteiger partial charge in [-0.3, -0.25) is 4.79 Å². The molecule has 4 N–H and O–H groups in total. The lowest BCUT2D eigenvalue weighted by Crippen LogP contribution is -2.56. The first-order valence-corrected chi connectivity index (χ1v) is 6.22. The fourth-order valence-electron chi connectivity index (χ4n) is 1.55. The van der Waals surface area contributed by atoms with Crippen molar-refractivity contribution in [3.63, 3.8) is 0 Å². The van der Waals surface area contributed by atoms with Crippen molar-refractivity contribution < 1.29 is 10.0 Å². The molecule has 0 fully saturated rings. The van der Waals surface area contributed by atoms with E-state index in [1.54, 1.807) is 10.9 Å². The Kier molecular flexibility index (Phi) is 4.45. The van der Waals surface area contributed by atoms with Gasteiger partial charge in [0.2, 0.25) is 0 Å². The Labute approximate surface area is 104 Å². The highest BCUT2D eigenvalue weighted by Crippen LogP contribution is 2.16. The van der Waals surface area contributed by atoms with E-state index >= 15 is 0 Å². The molecule has 94 valence electrons. The normalized spacial score (nSPS) is 12.5. The molecule has 0 aliphatic heterocycles. The SMILES string of the molecule is CCC(CC)(NC(=O)c1cscn1)C(N)=NO. The molecule has 7 heteroatoms. The third-order valence-electron chi connectivity index (χ3n) is 2.82. The van der Waals surface area contributed by atoms with Crippen molar-refractivity contribution in [1.29, 1.82) is 0 Å². The van der Waals surface area contributed by atoms with Gasteiger partial charge < -0.3 is 16.3 Å². The number of hydrogen-bond donors (Lipinski definition) is 3. The average molecular weight is 256 g/mol. The molecule has 0 spiro atoms. The molecule has 0 aliphatic rings. The first-order chi connectivity index (χ1) is 8.09. The highest BCUT2D eigenvalue weighted by Gasteiger charge is 2.33. The molecule has 0 bridgehead atoms. The van der Waals surface area contributed by atoms with Crippen LogP contribution in [0.2, 0.25) is 0 Å². The number of hydrogen-bond acceptors (Lipinski definition) is 5. The molecule has 0 saturated heterocycles. The maximum atomic E-state index is 11.9. The first-order valence-electron chi connectivity index (χ1n) is 5.28. The number of nitrogens with zero attached hydrogens (tertiary/aromatic N) is 2. The molecule has 1 rings (SSSR count). The van der Waals surface area contributed by atoms with Crippen molar-refractivity contribution >= 4 is 23.1 Å². The van der Waals surface area contributed by atoms with Gasteiger partial charge in [0.1, 0.15) is 11.2 Å². The molecule has 0 unspecified atom stereocenters. The van der Waals surface area contributed by atoms with Gasteiger partial charge in [0.05, 0.1) is 5.51 Å². The summed E-state index contributed by atoms with van der Waals surface area (Å²) in [6, 6.07) is 0. The summed E-state index contributed by atoms with van der Waals surface area (Å²) in [4.78, 5) is 15.8. The Morgan fingerprint density at radius 1 is 1.65 bits per heavy atom. The highest BCUT2D eigenvalue weighted by atomic mass is 32.1. The van der Waals surface area contributed by atoms with Crippen LogP contribution in [0.1, 0.15) is 37.2 Å². The van der Waals surface area contributed by atoms with Crippen molar-refractivity contribution in [2.75, 3.05) is 0 Å². The van der Waals surface area contributed by atoms with E-state index in [1.807, 2.05) is 13.8 Å². The summed E-state index contributed by atoms with van der Waals surface area (Å²) < 4.78 is 0. The number of oxime groups is 1. The number of nitrogens with two attached hydrogens (primary N) is 1. The van der Waals surface area contributed by atoms with Gasteiger partial charge >= 0.3 is 0 Å². The number of aromatic nitrogens is 1. The van der Waals surface area contributed by atoms with Crippen LogP contribution in [-0.4, -0.2) is 27.5 Å². The Hall–Kier alpha value is -1.63. The van der Waals surface area contributed by atoms with Crippen LogP contribution in [0, 0.1) is 0 Å². The van der Waals surface area contributed by atoms with Gasteiger partial charge in [0, 0.05) is 5.38 Å². The van der Waals surface area contributed by atoms with Gasteiger partial charge in [-0.2, -0.15) is 0 Å². The lowest BCUT2D eigenvalue weighted by molar-refractivity contribution is 0.0913. The Morgan fingerprint density at radius 3 is 2.71 bits per heavy atom. The molecule has 17 heavy (non-hydrogen) atoms. The zero-order valence-corrected chi connectivity index (χ0v) is 10.6. The zero-order chi connectivity index (χ0) is 12.9. The largest absolute Gasteiger partial charge is 0.409 e. The summed E-state index contributed by atoms with van der Waals surface area (Å²) >= 11 is 1.34. The van der Waals surface area contributed by atoms with E-state index in [0.717, 1.165) is 0 Å². The van der Waals surface area contributed by atoms with Crippen LogP contribution in [0.5, 0.6) is 0 Å². The van der Waals surface area contributed by atoms with Crippen molar-refractivity contribution in [3.05, 3.63) is 16.6 Å². The fraction of sp³-hybridized carbons (Fsp3) is 0.500. The predicted octanol–water partition coefficient (Wildman–Crippen LogP) is 1.18. The quantitative estimate of drug-likeness (QED) is 0.318. The molecule has 0 saturated carbocycles. The molecule has 1 aromatic heterocycles. The summed E-state index contributed by atoms with van der Waals surface area (Å²) in [5, 5.41) is 16.2. The lowest BCUT2D eigenvalue weighted by atomic mass is 9.91. The molecular formula is C10H16N4O2S. The third kappa shape index (κ3) is 2.73. The maximum Gasteiger partial charge on any atom is 0.271 e. The number of carbonyl (C=O) groups is 1. The van der Waals surface area contributed by atoms with E-state index in [9.17, 15) is 4.79 Å². The van der Waals surface area contributed by atoms with E-state index in [-0.39, 0.29) is 11.7 Å². The summed E-state index contributed by atoms with van der Waals surface area (Å²) in [6.07, 6.45) is 1.07. The molecular weight excluding hydrogens is 240 g/mol. The monoisotopic (exact) mass is 256 g/mol. The number of amides is 1. The Balaban J connectivity index is 2.91. The van der Waals surface area contributed by atoms with Crippen LogP contribution in [0.15, 0.2) is 16.0 Å². The summed E-state index contributed by atoms with van der Waals surface area (Å²) in [5.74, 6) is -0.312. The van der Waals surface area contributed by atoms with E-state index < -0.39 is 5.54 Å². The van der Waals surface area contributed by atoms with Crippen LogP contribution in [0.25, 0.3) is 0 Å². The fourth-order valence-corrected chi connectivity index (χ4v) is 2.09. The van der Waals surface area contributed by atoms with Gasteiger partial charge in [-0.15, -0.1) is 11.3 Å². The minimum atomic E-state index is -0.824. The van der Waals surface area contributed by atoms with Crippen molar-refractivity contribution in [2.24, 2.45) is 10.9 Å². The van der Waals surface area contributed by atoms with Crippen molar-refractivity contribution in [1.82, 2.24) is 10.3 Å². The number of thiazole rings is 1. The average Bonchev–Trinajstić information content (AvgIpc) is 2.88. The van der Waals surface area contributed by atoms with Gasteiger partial charge in [-0.1, -0.05) is 19.0 Å². The smallest absolute Gasteiger partial charge is 0.271 e. The predicted molar refractivity (Wildman–Crippen MR) is 66.3 cm³/mol. The van der Waals surface area contributed by atoms with Gasteiger partial charge in [-0.05, 0) is 12.8 Å². The lowest BCUT2D eigenvalue weighted by Gasteiger charge is -2.30. The molecule has 1 amide bonds. The molecule has 1 aromatic rings. The highest BCUT2D eigenvalue weighted by molar-refractivity contribution is 7.07. The van der Waals surface area contributed by atoms with E-state index in [2.05, 4.69) is 15.5 Å². The van der Waals surface area contributed by atoms with Crippen LogP contribution in [0.3, 0.4) is 0 Å². The van der Waals surface area contributed by atoms with Gasteiger partial charge in [0.15, 0.2) is 5.84 Å². The van der Waals surface area contributed by atoms with Crippen LogP contribution in [0.4, 0.5) is 0 Å². The maximum absolute atomic E-state index is 11.9. The van der Waals surface area contributed by atoms with Crippen LogP contribution < -0.4 is 11.1 Å². The molecule has 0 aliphatic carbocycles. The number of rotatable bonds is 5. The second-order valence-corrected chi connectivity index (χ2v) is 4.32. The van der Waals surface area contributed by atoms with Crippen LogP contribution in [-0.2, 0) is 0 Å². The molecule has 0 aromatic carbocycles. The number of amidine groups is 1. The zero-order valence-electron chi connectivity index (χ0n) is 9.80. The molecule has 0 atom stereocenters. The molecule has 0 radical (unpaired) electrons. The third-order valence-corrected chi connectivity index (χ3v) is 3.41. The van der Waals surface area contributed by atoms with Crippen LogP contribution >= 0.6 is 11.3 Å². The number of nitrogens with one attached hydrogen (secondary N) is 1. The topological polar surface area (TPSA) is 101 Å². The first kappa shape index (κ1) is 13.4. The summed E-state index contributed by atoms with van der Waals surface area (Å²) in [7, 11) is 0. The number of carbonyl (C=O) groups excluding carboxylic acids is 1. The molecule has 6 nitrogen and oxygen atoms in total. The van der Waals surface area contributed by atoms with Gasteiger partial charge in [-0.25, -0.2) is 4.98 Å². The summed E-state index contributed by atoms with van der Waals surface area (Å²) in [6.45, 7) is 3.73. The Bertz CT molecular complexity index is 398. The van der Waals surface area contributed by atoms with E-state index in [4.69, 9.17) is 10.9 Å². The minimum absolute atomic E-state index is 0.00563. The minimum Gasteiger partial charge on any atom is -0.409 e. The molecule has 1 heterocycles. The van der Waals surface area contributed by atoms with E-state index in [1.165, 1.54) is 11.3 Å². The van der Waals surface area contributed by atoms with Crippen molar-refractivity contribution in [3.8, 4) is 0 Å². The van der Waals surface area contributed by atoms with Crippen molar-refractivity contribution in [2.45, 2.75) is 32.2 Å². The van der Waals surface area contributed by atoms with E-state index in [0.29, 0.717) is 18.5 Å². The summed E-state index contributed by atoms with van der Waals surface area (Å²) in [5.41, 5.74) is 6.74. The second kappa shape index (κ2) is 5.62. The van der Waals surface area contributed by atoms with Gasteiger partial charge in [0.25, 0.3) is 5.91 Å². The second-order valence-electron chi connectivity index (χ2n) is 3.60. The Morgan fingerprint density at radius 2 is 2.29 bits per heavy atom.